The van der Waals surface area contributed by atoms with Gasteiger partial charge in [0.2, 0.25) is 0 Å². The van der Waals surface area contributed by atoms with Crippen molar-refractivity contribution in [3.8, 4) is 11.5 Å². The molecule has 156 valence electrons. The number of amidine groups is 1. The summed E-state index contributed by atoms with van der Waals surface area (Å²) in [6.07, 6.45) is 1.84. The number of rotatable bonds is 6. The first-order chi connectivity index (χ1) is 15.1. The highest BCUT2D eigenvalue weighted by Gasteiger charge is 2.24. The summed E-state index contributed by atoms with van der Waals surface area (Å²) in [7, 11) is 1.60. The van der Waals surface area contributed by atoms with Crippen LogP contribution in [0.1, 0.15) is 16.7 Å². The Morgan fingerprint density at radius 3 is 2.55 bits per heavy atom. The molecule has 0 atom stereocenters. The summed E-state index contributed by atoms with van der Waals surface area (Å²) in [4.78, 5) is 17.5. The number of nitrogens with zero attached hydrogens (tertiary/aromatic N) is 1. The van der Waals surface area contributed by atoms with Crippen LogP contribution in [-0.2, 0) is 11.4 Å². The van der Waals surface area contributed by atoms with Crippen LogP contribution >= 0.6 is 11.8 Å². The topological polar surface area (TPSA) is 59.9 Å². The van der Waals surface area contributed by atoms with Gasteiger partial charge >= 0.3 is 0 Å². The van der Waals surface area contributed by atoms with E-state index in [-0.39, 0.29) is 5.91 Å². The molecule has 0 aliphatic carbocycles. The van der Waals surface area contributed by atoms with Crippen molar-refractivity contribution in [3.05, 3.63) is 94.4 Å². The van der Waals surface area contributed by atoms with Crippen LogP contribution in [0.3, 0.4) is 0 Å². The molecule has 0 bridgehead atoms. The highest BCUT2D eigenvalue weighted by molar-refractivity contribution is 8.18. The summed E-state index contributed by atoms with van der Waals surface area (Å²) >= 11 is 1.31. The third-order valence-electron chi connectivity index (χ3n) is 4.63. The lowest BCUT2D eigenvalue weighted by Crippen LogP contribution is -2.19. The van der Waals surface area contributed by atoms with Gasteiger partial charge in [0.25, 0.3) is 5.91 Å². The van der Waals surface area contributed by atoms with Gasteiger partial charge in [-0.25, -0.2) is 4.99 Å². The van der Waals surface area contributed by atoms with Crippen molar-refractivity contribution >= 4 is 34.6 Å². The molecule has 31 heavy (non-hydrogen) atoms. The maximum absolute atomic E-state index is 12.4. The summed E-state index contributed by atoms with van der Waals surface area (Å²) in [6.45, 7) is 2.50. The molecule has 0 saturated carbocycles. The molecule has 5 nitrogen and oxygen atoms in total. The number of methoxy groups -OCH3 is 1. The van der Waals surface area contributed by atoms with E-state index in [1.165, 1.54) is 11.8 Å². The normalized spacial score (nSPS) is 15.9. The van der Waals surface area contributed by atoms with E-state index in [0.717, 1.165) is 22.4 Å². The first-order valence-electron chi connectivity index (χ1n) is 9.82. The molecule has 0 radical (unpaired) electrons. The SMILES string of the molecule is COc1ccc(C)cc1N=C1NC(=O)/C(=C/c2ccc(OCc3ccccc3)cc2)S1. The highest BCUT2D eigenvalue weighted by atomic mass is 32.2. The van der Waals surface area contributed by atoms with E-state index in [1.54, 1.807) is 7.11 Å². The molecule has 1 saturated heterocycles. The van der Waals surface area contributed by atoms with Crippen molar-refractivity contribution in [1.82, 2.24) is 5.32 Å². The van der Waals surface area contributed by atoms with E-state index in [9.17, 15) is 4.79 Å². The van der Waals surface area contributed by atoms with Gasteiger partial charge in [0.15, 0.2) is 5.17 Å². The van der Waals surface area contributed by atoms with Crippen molar-refractivity contribution < 1.29 is 14.3 Å². The second-order valence-corrected chi connectivity index (χ2v) is 8.03. The van der Waals surface area contributed by atoms with Crippen LogP contribution in [0, 0.1) is 6.92 Å². The number of thioether (sulfide) groups is 1. The summed E-state index contributed by atoms with van der Waals surface area (Å²) in [5, 5.41) is 3.35. The van der Waals surface area contributed by atoms with Crippen molar-refractivity contribution in [1.29, 1.82) is 0 Å². The average molecular weight is 431 g/mol. The average Bonchev–Trinajstić information content (AvgIpc) is 3.12. The molecule has 1 amide bonds. The van der Waals surface area contributed by atoms with Crippen LogP contribution in [0.2, 0.25) is 0 Å². The van der Waals surface area contributed by atoms with Gasteiger partial charge in [-0.1, -0.05) is 48.5 Å². The van der Waals surface area contributed by atoms with Gasteiger partial charge in [-0.2, -0.15) is 0 Å². The lowest BCUT2D eigenvalue weighted by atomic mass is 10.2. The van der Waals surface area contributed by atoms with Gasteiger partial charge < -0.3 is 14.8 Å². The Morgan fingerprint density at radius 1 is 1.03 bits per heavy atom. The summed E-state index contributed by atoms with van der Waals surface area (Å²) in [6, 6.07) is 23.4. The van der Waals surface area contributed by atoms with Crippen LogP contribution in [0.4, 0.5) is 5.69 Å². The molecule has 0 unspecified atom stereocenters. The zero-order chi connectivity index (χ0) is 21.6. The summed E-state index contributed by atoms with van der Waals surface area (Å²) < 4.78 is 11.2. The Bertz CT molecular complexity index is 1140. The number of carbonyl (C=O) groups excluding carboxylic acids is 1. The third kappa shape index (κ3) is 5.35. The standard InChI is InChI=1S/C25H22N2O3S/c1-17-8-13-22(29-2)21(14-17)26-25-27-24(28)23(31-25)15-18-9-11-20(12-10-18)30-16-19-6-4-3-5-7-19/h3-15H,16H2,1-2H3,(H,26,27,28)/b23-15-. The molecule has 6 heteroatoms. The maximum Gasteiger partial charge on any atom is 0.264 e. The van der Waals surface area contributed by atoms with Gasteiger partial charge in [0.1, 0.15) is 23.8 Å². The molecule has 1 aliphatic heterocycles. The van der Waals surface area contributed by atoms with Gasteiger partial charge in [-0.15, -0.1) is 0 Å². The molecule has 1 aliphatic rings. The Labute approximate surface area is 185 Å². The molecule has 1 heterocycles. The molecule has 0 spiro atoms. The predicted molar refractivity (Wildman–Crippen MR) is 126 cm³/mol. The van der Waals surface area contributed by atoms with Gasteiger partial charge in [-0.3, -0.25) is 4.79 Å². The predicted octanol–water partition coefficient (Wildman–Crippen LogP) is 5.47. The molecule has 1 fully saturated rings. The Balaban J connectivity index is 1.44. The first-order valence-corrected chi connectivity index (χ1v) is 10.6. The minimum Gasteiger partial charge on any atom is -0.494 e. The van der Waals surface area contributed by atoms with Crippen LogP contribution in [-0.4, -0.2) is 18.2 Å². The lowest BCUT2D eigenvalue weighted by molar-refractivity contribution is -0.115. The van der Waals surface area contributed by atoms with Gasteiger partial charge in [0.05, 0.1) is 12.0 Å². The molecular weight excluding hydrogens is 408 g/mol. The largest absolute Gasteiger partial charge is 0.494 e. The quantitative estimate of drug-likeness (QED) is 0.527. The minimum atomic E-state index is -0.167. The molecule has 1 N–H and O–H groups in total. The number of benzene rings is 3. The number of aryl methyl sites for hydroxylation is 1. The zero-order valence-electron chi connectivity index (χ0n) is 17.3. The van der Waals surface area contributed by atoms with Crippen molar-refractivity contribution in [3.63, 3.8) is 0 Å². The molecule has 0 aromatic heterocycles. The second kappa shape index (κ2) is 9.53. The van der Waals surface area contributed by atoms with Crippen LogP contribution < -0.4 is 14.8 Å². The summed E-state index contributed by atoms with van der Waals surface area (Å²) in [5.41, 5.74) is 3.79. The maximum atomic E-state index is 12.4. The van der Waals surface area contributed by atoms with E-state index in [1.807, 2.05) is 85.8 Å². The van der Waals surface area contributed by atoms with Crippen LogP contribution in [0.5, 0.6) is 11.5 Å². The minimum absolute atomic E-state index is 0.167. The van der Waals surface area contributed by atoms with Crippen molar-refractivity contribution in [2.75, 3.05) is 7.11 Å². The van der Waals surface area contributed by atoms with Crippen LogP contribution in [0.15, 0.2) is 82.7 Å². The molecular formula is C25H22N2O3S. The van der Waals surface area contributed by atoms with E-state index in [4.69, 9.17) is 9.47 Å². The zero-order valence-corrected chi connectivity index (χ0v) is 18.1. The van der Waals surface area contributed by atoms with E-state index in [2.05, 4.69) is 10.3 Å². The summed E-state index contributed by atoms with van der Waals surface area (Å²) in [5.74, 6) is 1.28. The Morgan fingerprint density at radius 2 is 1.81 bits per heavy atom. The monoisotopic (exact) mass is 430 g/mol. The second-order valence-electron chi connectivity index (χ2n) is 7.00. The molecule has 3 aromatic rings. The molecule has 4 rings (SSSR count). The number of amides is 1. The number of hydrogen-bond acceptors (Lipinski definition) is 5. The fourth-order valence-corrected chi connectivity index (χ4v) is 3.86. The van der Waals surface area contributed by atoms with E-state index < -0.39 is 0 Å². The van der Waals surface area contributed by atoms with Crippen LogP contribution in [0.25, 0.3) is 6.08 Å². The number of hydrogen-bond donors (Lipinski definition) is 1. The van der Waals surface area contributed by atoms with Gasteiger partial charge in [-0.05, 0) is 65.7 Å². The third-order valence-corrected chi connectivity index (χ3v) is 5.54. The number of aliphatic imine (C=N–C) groups is 1. The number of nitrogens with one attached hydrogen (secondary N) is 1. The number of ether oxygens (including phenoxy) is 2. The molecule has 3 aromatic carbocycles. The highest BCUT2D eigenvalue weighted by Crippen LogP contribution is 2.33. The Hall–Kier alpha value is -3.51. The Kier molecular flexibility index (Phi) is 6.38. The smallest absolute Gasteiger partial charge is 0.264 e. The lowest BCUT2D eigenvalue weighted by Gasteiger charge is -2.06. The van der Waals surface area contributed by atoms with E-state index in [0.29, 0.717) is 28.1 Å². The fourth-order valence-electron chi connectivity index (χ4n) is 3.03. The van der Waals surface area contributed by atoms with E-state index >= 15 is 0 Å². The fraction of sp³-hybridized carbons (Fsp3) is 0.120. The number of carbonyl (C=O) groups is 1. The van der Waals surface area contributed by atoms with Crippen molar-refractivity contribution in [2.45, 2.75) is 13.5 Å². The van der Waals surface area contributed by atoms with Crippen molar-refractivity contribution in [2.24, 2.45) is 4.99 Å². The van der Waals surface area contributed by atoms with Gasteiger partial charge in [0, 0.05) is 0 Å². The first kappa shape index (κ1) is 20.8.